The van der Waals surface area contributed by atoms with Gasteiger partial charge in [0.15, 0.2) is 9.84 Å². The molecule has 2 rings (SSSR count). The van der Waals surface area contributed by atoms with E-state index in [4.69, 9.17) is 9.47 Å². The number of sulfone groups is 1. The van der Waals surface area contributed by atoms with Gasteiger partial charge in [0.1, 0.15) is 0 Å². The second-order valence-electron chi connectivity index (χ2n) is 4.55. The van der Waals surface area contributed by atoms with Gasteiger partial charge in [0.05, 0.1) is 10.1 Å². The summed E-state index contributed by atoms with van der Waals surface area (Å²) in [5.41, 5.74) is 0.121. The highest BCUT2D eigenvalue weighted by Crippen LogP contribution is 2.35. The largest absolute Gasteiger partial charge is 0.347 e. The molecule has 0 saturated heterocycles. The molecular formula is C13H16O5S. The van der Waals surface area contributed by atoms with Gasteiger partial charge in [0.2, 0.25) is 11.6 Å². The predicted molar refractivity (Wildman–Crippen MR) is 68.8 cm³/mol. The summed E-state index contributed by atoms with van der Waals surface area (Å²) < 4.78 is 35.3. The molecule has 6 heteroatoms. The van der Waals surface area contributed by atoms with Gasteiger partial charge >= 0.3 is 0 Å². The molecule has 0 aromatic heterocycles. The lowest BCUT2D eigenvalue weighted by Crippen LogP contribution is -2.44. The van der Waals surface area contributed by atoms with E-state index >= 15 is 0 Å². The van der Waals surface area contributed by atoms with Crippen LogP contribution >= 0.6 is 0 Å². The number of hydrogen-bond acceptors (Lipinski definition) is 5. The second kappa shape index (κ2) is 4.70. The van der Waals surface area contributed by atoms with Crippen molar-refractivity contribution in [2.45, 2.75) is 29.3 Å². The minimum absolute atomic E-state index is 0.0319. The zero-order valence-corrected chi connectivity index (χ0v) is 11.9. The van der Waals surface area contributed by atoms with E-state index in [2.05, 4.69) is 0 Å². The minimum atomic E-state index is -3.56. The highest BCUT2D eigenvalue weighted by molar-refractivity contribution is 7.92. The molecule has 0 amide bonds. The summed E-state index contributed by atoms with van der Waals surface area (Å²) in [6.07, 6.45) is -0.0319. The van der Waals surface area contributed by atoms with Crippen LogP contribution in [-0.2, 0) is 19.3 Å². The highest BCUT2D eigenvalue weighted by Gasteiger charge is 2.48. The topological polar surface area (TPSA) is 69.7 Å². The van der Waals surface area contributed by atoms with Crippen LogP contribution in [0.1, 0.15) is 23.7 Å². The fraction of sp³-hybridized carbons (Fsp3) is 0.462. The zero-order chi connectivity index (χ0) is 14.3. The Balaban J connectivity index is 2.76. The van der Waals surface area contributed by atoms with Crippen molar-refractivity contribution in [2.24, 2.45) is 0 Å². The van der Waals surface area contributed by atoms with E-state index in [-0.39, 0.29) is 16.9 Å². The fourth-order valence-corrected chi connectivity index (χ4v) is 3.95. The van der Waals surface area contributed by atoms with Gasteiger partial charge in [-0.2, -0.15) is 0 Å². The molecule has 1 atom stereocenters. The average Bonchev–Trinajstić information content (AvgIpc) is 2.48. The molecule has 0 N–H and O–H groups in total. The summed E-state index contributed by atoms with van der Waals surface area (Å²) in [6, 6.07) is 6.15. The molecule has 1 unspecified atom stereocenters. The number of methoxy groups -OCH3 is 2. The molecule has 1 heterocycles. The summed E-state index contributed by atoms with van der Waals surface area (Å²) >= 11 is 0. The molecule has 19 heavy (non-hydrogen) atoms. The molecule has 5 nitrogen and oxygen atoms in total. The van der Waals surface area contributed by atoms with Crippen LogP contribution in [0.2, 0.25) is 0 Å². The van der Waals surface area contributed by atoms with Crippen LogP contribution < -0.4 is 0 Å². The minimum Gasteiger partial charge on any atom is -0.347 e. The van der Waals surface area contributed by atoms with E-state index in [0.29, 0.717) is 0 Å². The molecule has 0 bridgehead atoms. The third-order valence-corrected chi connectivity index (χ3v) is 5.72. The Labute approximate surface area is 112 Å². The molecule has 1 aromatic rings. The first-order valence-corrected chi connectivity index (χ1v) is 7.41. The standard InChI is InChI=1S/C13H16O5S/c1-9-8-13(17-2,18-3)12(14)10-6-4-5-7-11(10)19(9,15)16/h4-7,9H,8H2,1-3H3. The first-order chi connectivity index (χ1) is 8.89. The van der Waals surface area contributed by atoms with Crippen molar-refractivity contribution in [1.29, 1.82) is 0 Å². The van der Waals surface area contributed by atoms with E-state index in [0.717, 1.165) is 0 Å². The second-order valence-corrected chi connectivity index (χ2v) is 6.88. The van der Waals surface area contributed by atoms with E-state index in [1.807, 2.05) is 0 Å². The Morgan fingerprint density at radius 3 is 2.37 bits per heavy atom. The Morgan fingerprint density at radius 1 is 1.21 bits per heavy atom. The Bertz CT molecular complexity index is 601. The van der Waals surface area contributed by atoms with Crippen LogP contribution in [0.5, 0.6) is 0 Å². The van der Waals surface area contributed by atoms with Crippen molar-refractivity contribution in [1.82, 2.24) is 0 Å². The summed E-state index contributed by atoms with van der Waals surface area (Å²) in [6.45, 7) is 1.55. The Morgan fingerprint density at radius 2 is 1.79 bits per heavy atom. The van der Waals surface area contributed by atoms with Gasteiger partial charge in [-0.1, -0.05) is 12.1 Å². The van der Waals surface area contributed by atoms with Gasteiger partial charge in [-0.15, -0.1) is 0 Å². The van der Waals surface area contributed by atoms with Crippen LogP contribution in [0.3, 0.4) is 0 Å². The lowest BCUT2D eigenvalue weighted by molar-refractivity contribution is -0.172. The van der Waals surface area contributed by atoms with E-state index in [9.17, 15) is 13.2 Å². The molecule has 1 aromatic carbocycles. The number of Topliss-reactive ketones (excluding diaryl/α,β-unsaturated/α-hetero) is 1. The normalized spacial score (nSPS) is 24.6. The smallest absolute Gasteiger partial charge is 0.234 e. The SMILES string of the molecule is COC1(OC)CC(C)S(=O)(=O)c2ccccc2C1=O. The number of hydrogen-bond donors (Lipinski definition) is 0. The van der Waals surface area contributed by atoms with Gasteiger partial charge in [0.25, 0.3) is 0 Å². The molecule has 0 aliphatic carbocycles. The maximum absolute atomic E-state index is 12.5. The average molecular weight is 284 g/mol. The predicted octanol–water partition coefficient (Wildman–Crippen LogP) is 1.42. The van der Waals surface area contributed by atoms with Crippen molar-refractivity contribution in [3.63, 3.8) is 0 Å². The van der Waals surface area contributed by atoms with Gasteiger partial charge < -0.3 is 9.47 Å². The maximum Gasteiger partial charge on any atom is 0.234 e. The van der Waals surface area contributed by atoms with Gasteiger partial charge in [-0.3, -0.25) is 4.79 Å². The molecule has 0 fully saturated rings. The molecule has 0 spiro atoms. The zero-order valence-electron chi connectivity index (χ0n) is 11.0. The number of benzene rings is 1. The molecule has 1 aliphatic rings. The van der Waals surface area contributed by atoms with Crippen molar-refractivity contribution in [3.05, 3.63) is 29.8 Å². The van der Waals surface area contributed by atoms with Crippen LogP contribution in [0.25, 0.3) is 0 Å². The number of rotatable bonds is 2. The Hall–Kier alpha value is -1.24. The lowest BCUT2D eigenvalue weighted by Gasteiger charge is -2.29. The number of carbonyl (C=O) groups is 1. The number of ketones is 1. The number of fused-ring (bicyclic) bond motifs is 1. The Kier molecular flexibility index (Phi) is 3.51. The molecule has 1 aliphatic heterocycles. The van der Waals surface area contributed by atoms with Crippen LogP contribution in [0.4, 0.5) is 0 Å². The van der Waals surface area contributed by atoms with Crippen LogP contribution in [0.15, 0.2) is 29.2 Å². The first-order valence-electron chi connectivity index (χ1n) is 5.87. The first kappa shape index (κ1) is 14.2. The summed E-state index contributed by atoms with van der Waals surface area (Å²) in [7, 11) is -0.878. The molecular weight excluding hydrogens is 268 g/mol. The van der Waals surface area contributed by atoms with Crippen molar-refractivity contribution < 1.29 is 22.7 Å². The molecule has 0 radical (unpaired) electrons. The van der Waals surface area contributed by atoms with Gasteiger partial charge in [0, 0.05) is 26.2 Å². The molecule has 0 saturated carbocycles. The van der Waals surface area contributed by atoms with Gasteiger partial charge in [-0.25, -0.2) is 8.42 Å². The third-order valence-electron chi connectivity index (χ3n) is 3.53. The van der Waals surface area contributed by atoms with E-state index in [1.54, 1.807) is 19.1 Å². The summed E-state index contributed by atoms with van der Waals surface area (Å²) in [4.78, 5) is 12.6. The summed E-state index contributed by atoms with van der Waals surface area (Å²) in [5, 5.41) is -0.764. The fourth-order valence-electron chi connectivity index (χ4n) is 2.34. The monoisotopic (exact) mass is 284 g/mol. The van der Waals surface area contributed by atoms with Gasteiger partial charge in [-0.05, 0) is 19.1 Å². The van der Waals surface area contributed by atoms with Crippen LogP contribution in [0, 0.1) is 0 Å². The maximum atomic E-state index is 12.5. The quantitative estimate of drug-likeness (QED) is 0.768. The van der Waals surface area contributed by atoms with E-state index in [1.165, 1.54) is 26.4 Å². The summed E-state index contributed by atoms with van der Waals surface area (Å²) in [5.74, 6) is -2.00. The highest BCUT2D eigenvalue weighted by atomic mass is 32.2. The number of ether oxygens (including phenoxy) is 2. The van der Waals surface area contributed by atoms with Crippen molar-refractivity contribution in [3.8, 4) is 0 Å². The number of carbonyl (C=O) groups excluding carboxylic acids is 1. The van der Waals surface area contributed by atoms with E-state index < -0.39 is 26.7 Å². The van der Waals surface area contributed by atoms with Crippen LogP contribution in [-0.4, -0.2) is 39.5 Å². The molecule has 104 valence electrons. The van der Waals surface area contributed by atoms with Crippen molar-refractivity contribution >= 4 is 15.6 Å². The third kappa shape index (κ3) is 2.00. The lowest BCUT2D eigenvalue weighted by atomic mass is 9.99. The van der Waals surface area contributed by atoms with Crippen molar-refractivity contribution in [2.75, 3.05) is 14.2 Å².